The van der Waals surface area contributed by atoms with Crippen LogP contribution in [-0.2, 0) is 0 Å². The van der Waals surface area contributed by atoms with E-state index >= 15 is 0 Å². The maximum Gasteiger partial charge on any atom is 0.272 e. The molecule has 5 heteroatoms. The number of carbonyl (C=O) groups is 1. The number of anilines is 1. The van der Waals surface area contributed by atoms with Crippen molar-refractivity contribution in [2.24, 2.45) is 5.84 Å². The Labute approximate surface area is 125 Å². The Morgan fingerprint density at radius 2 is 2.10 bits per heavy atom. The highest BCUT2D eigenvalue weighted by molar-refractivity contribution is 5.99. The zero-order chi connectivity index (χ0) is 15.4. The molecule has 1 atom stereocenters. The van der Waals surface area contributed by atoms with Crippen molar-refractivity contribution in [1.82, 2.24) is 9.88 Å². The van der Waals surface area contributed by atoms with E-state index < -0.39 is 0 Å². The van der Waals surface area contributed by atoms with Crippen molar-refractivity contribution in [3.63, 3.8) is 0 Å². The molecule has 3 N–H and O–H groups in total. The molecule has 0 bridgehead atoms. The molecule has 1 amide bonds. The standard InChI is InChI=1S/C16H22N4O/c1-4-11(3)20(5-2)16(21)15-10-14(19-17)12-8-6-7-9-13(12)18-15/h6-11H,4-5,17H2,1-3H3,(H,18,19). The Balaban J connectivity index is 2.48. The maximum absolute atomic E-state index is 12.7. The van der Waals surface area contributed by atoms with Gasteiger partial charge in [-0.25, -0.2) is 4.98 Å². The van der Waals surface area contributed by atoms with E-state index in [1.807, 2.05) is 43.0 Å². The van der Waals surface area contributed by atoms with Gasteiger partial charge >= 0.3 is 0 Å². The second-order valence-electron chi connectivity index (χ2n) is 5.06. The molecule has 2 aromatic rings. The van der Waals surface area contributed by atoms with Crippen LogP contribution in [0.25, 0.3) is 10.9 Å². The highest BCUT2D eigenvalue weighted by Gasteiger charge is 2.21. The van der Waals surface area contributed by atoms with Crippen molar-refractivity contribution in [2.45, 2.75) is 33.2 Å². The summed E-state index contributed by atoms with van der Waals surface area (Å²) in [7, 11) is 0. The number of pyridine rings is 1. The monoisotopic (exact) mass is 286 g/mol. The van der Waals surface area contributed by atoms with Gasteiger partial charge in [0.2, 0.25) is 0 Å². The summed E-state index contributed by atoms with van der Waals surface area (Å²) in [4.78, 5) is 19.0. The number of nitrogens with zero attached hydrogens (tertiary/aromatic N) is 2. The van der Waals surface area contributed by atoms with Gasteiger partial charge in [0.1, 0.15) is 5.69 Å². The molecule has 1 aromatic heterocycles. The number of aromatic nitrogens is 1. The van der Waals surface area contributed by atoms with E-state index in [4.69, 9.17) is 5.84 Å². The van der Waals surface area contributed by atoms with Gasteiger partial charge < -0.3 is 10.3 Å². The van der Waals surface area contributed by atoms with E-state index in [1.54, 1.807) is 6.07 Å². The first kappa shape index (κ1) is 15.3. The van der Waals surface area contributed by atoms with E-state index in [1.165, 1.54) is 0 Å². The van der Waals surface area contributed by atoms with E-state index in [0.717, 1.165) is 17.3 Å². The van der Waals surface area contributed by atoms with Crippen LogP contribution in [0.15, 0.2) is 30.3 Å². The Morgan fingerprint density at radius 3 is 2.71 bits per heavy atom. The number of nitrogens with two attached hydrogens (primary N) is 1. The van der Waals surface area contributed by atoms with Crippen molar-refractivity contribution in [1.29, 1.82) is 0 Å². The van der Waals surface area contributed by atoms with Gasteiger partial charge in [-0.2, -0.15) is 0 Å². The number of para-hydroxylation sites is 1. The Bertz CT molecular complexity index is 641. The third-order valence-electron chi connectivity index (χ3n) is 3.82. The molecule has 2 rings (SSSR count). The predicted molar refractivity (Wildman–Crippen MR) is 86.0 cm³/mol. The van der Waals surface area contributed by atoms with Crippen LogP contribution in [0.3, 0.4) is 0 Å². The molecule has 0 saturated heterocycles. The number of fused-ring (bicyclic) bond motifs is 1. The van der Waals surface area contributed by atoms with Crippen LogP contribution in [0.2, 0.25) is 0 Å². The third kappa shape index (κ3) is 2.97. The Hall–Kier alpha value is -2.14. The summed E-state index contributed by atoms with van der Waals surface area (Å²) < 4.78 is 0. The van der Waals surface area contributed by atoms with Crippen LogP contribution in [0.5, 0.6) is 0 Å². The number of benzene rings is 1. The number of amides is 1. The van der Waals surface area contributed by atoms with Gasteiger partial charge in [0.25, 0.3) is 5.91 Å². The van der Waals surface area contributed by atoms with Crippen LogP contribution in [0.1, 0.15) is 37.7 Å². The van der Waals surface area contributed by atoms with Gasteiger partial charge in [-0.1, -0.05) is 25.1 Å². The number of carbonyl (C=O) groups excluding carboxylic acids is 1. The number of hydrogen-bond donors (Lipinski definition) is 2. The van der Waals surface area contributed by atoms with Gasteiger partial charge in [-0.3, -0.25) is 10.6 Å². The van der Waals surface area contributed by atoms with E-state index in [-0.39, 0.29) is 11.9 Å². The average molecular weight is 286 g/mol. The molecular weight excluding hydrogens is 264 g/mol. The molecule has 112 valence electrons. The topological polar surface area (TPSA) is 71.2 Å². The second kappa shape index (κ2) is 6.54. The summed E-state index contributed by atoms with van der Waals surface area (Å²) in [6.45, 7) is 6.76. The molecule has 0 spiro atoms. The lowest BCUT2D eigenvalue weighted by Crippen LogP contribution is -2.38. The average Bonchev–Trinajstić information content (AvgIpc) is 2.53. The summed E-state index contributed by atoms with van der Waals surface area (Å²) in [5, 5.41) is 0.906. The molecule has 1 heterocycles. The molecule has 0 radical (unpaired) electrons. The number of nitrogens with one attached hydrogen (secondary N) is 1. The minimum Gasteiger partial charge on any atom is -0.335 e. The van der Waals surface area contributed by atoms with Gasteiger partial charge in [0.15, 0.2) is 0 Å². The van der Waals surface area contributed by atoms with Crippen LogP contribution >= 0.6 is 0 Å². The molecule has 1 unspecified atom stereocenters. The minimum atomic E-state index is -0.0610. The molecule has 5 nitrogen and oxygen atoms in total. The molecule has 1 aromatic carbocycles. The van der Waals surface area contributed by atoms with Crippen LogP contribution in [0, 0.1) is 0 Å². The van der Waals surface area contributed by atoms with Crippen LogP contribution < -0.4 is 11.3 Å². The first-order valence-corrected chi connectivity index (χ1v) is 7.29. The number of hydrogen-bond acceptors (Lipinski definition) is 4. The SMILES string of the molecule is CCC(C)N(CC)C(=O)c1cc(NN)c2ccccc2n1. The Morgan fingerprint density at radius 1 is 1.38 bits per heavy atom. The summed E-state index contributed by atoms with van der Waals surface area (Å²) in [6, 6.07) is 9.53. The number of rotatable bonds is 5. The van der Waals surface area contributed by atoms with Gasteiger partial charge in [0.05, 0.1) is 11.2 Å². The lowest BCUT2D eigenvalue weighted by Gasteiger charge is -2.27. The van der Waals surface area contributed by atoms with Gasteiger partial charge in [0, 0.05) is 18.0 Å². The second-order valence-corrected chi connectivity index (χ2v) is 5.06. The molecule has 0 aliphatic rings. The summed E-state index contributed by atoms with van der Waals surface area (Å²) in [5.41, 5.74) is 4.55. The fraction of sp³-hybridized carbons (Fsp3) is 0.375. The quantitative estimate of drug-likeness (QED) is 0.655. The summed E-state index contributed by atoms with van der Waals surface area (Å²) in [6.07, 6.45) is 0.912. The molecular formula is C16H22N4O. The third-order valence-corrected chi connectivity index (χ3v) is 3.82. The number of hydrazine groups is 1. The molecule has 0 saturated carbocycles. The molecule has 0 fully saturated rings. The maximum atomic E-state index is 12.7. The largest absolute Gasteiger partial charge is 0.335 e. The van der Waals surface area contributed by atoms with Crippen molar-refractivity contribution in [3.8, 4) is 0 Å². The van der Waals surface area contributed by atoms with Crippen molar-refractivity contribution < 1.29 is 4.79 Å². The lowest BCUT2D eigenvalue weighted by molar-refractivity contribution is 0.0694. The normalized spacial score (nSPS) is 12.2. The van der Waals surface area contributed by atoms with Crippen molar-refractivity contribution >= 4 is 22.5 Å². The summed E-state index contributed by atoms with van der Waals surface area (Å²) >= 11 is 0. The predicted octanol–water partition coefficient (Wildman–Crippen LogP) is 2.78. The zero-order valence-corrected chi connectivity index (χ0v) is 12.8. The smallest absolute Gasteiger partial charge is 0.272 e. The molecule has 0 aliphatic carbocycles. The minimum absolute atomic E-state index is 0.0610. The highest BCUT2D eigenvalue weighted by atomic mass is 16.2. The fourth-order valence-electron chi connectivity index (χ4n) is 2.43. The van der Waals surface area contributed by atoms with E-state index in [2.05, 4.69) is 17.3 Å². The van der Waals surface area contributed by atoms with Gasteiger partial charge in [-0.05, 0) is 32.4 Å². The number of nitrogen functional groups attached to an aromatic ring is 1. The van der Waals surface area contributed by atoms with E-state index in [9.17, 15) is 4.79 Å². The fourth-order valence-corrected chi connectivity index (χ4v) is 2.43. The Kier molecular flexibility index (Phi) is 4.75. The summed E-state index contributed by atoms with van der Waals surface area (Å²) in [5.74, 6) is 5.52. The first-order valence-electron chi connectivity index (χ1n) is 7.29. The zero-order valence-electron chi connectivity index (χ0n) is 12.8. The molecule has 21 heavy (non-hydrogen) atoms. The lowest BCUT2D eigenvalue weighted by atomic mass is 10.1. The van der Waals surface area contributed by atoms with Gasteiger partial charge in [-0.15, -0.1) is 0 Å². The molecule has 0 aliphatic heterocycles. The van der Waals surface area contributed by atoms with Crippen LogP contribution in [-0.4, -0.2) is 28.4 Å². The van der Waals surface area contributed by atoms with Crippen molar-refractivity contribution in [2.75, 3.05) is 12.0 Å². The van der Waals surface area contributed by atoms with Crippen molar-refractivity contribution in [3.05, 3.63) is 36.0 Å². The van der Waals surface area contributed by atoms with Crippen LogP contribution in [0.4, 0.5) is 5.69 Å². The highest BCUT2D eigenvalue weighted by Crippen LogP contribution is 2.23. The first-order chi connectivity index (χ1) is 10.1. The van der Waals surface area contributed by atoms with E-state index in [0.29, 0.717) is 17.9 Å².